The van der Waals surface area contributed by atoms with Crippen LogP contribution in [0.25, 0.3) is 0 Å². The van der Waals surface area contributed by atoms with Gasteiger partial charge in [0.15, 0.2) is 16.6 Å². The number of amides is 1. The van der Waals surface area contributed by atoms with E-state index in [0.29, 0.717) is 16.6 Å². The summed E-state index contributed by atoms with van der Waals surface area (Å²) in [5.41, 5.74) is 1.24. The minimum Gasteiger partial charge on any atom is -0.503 e. The molecule has 0 aliphatic heterocycles. The Labute approximate surface area is 185 Å². The fourth-order valence-electron chi connectivity index (χ4n) is 4.53. The smallest absolute Gasteiger partial charge is 0.388 e. The molecular formula is C22H51NO3Si3. The number of hydrogen-bond donors (Lipinski definition) is 0. The van der Waals surface area contributed by atoms with Crippen LogP contribution in [-0.2, 0) is 8.85 Å². The molecule has 7 heteroatoms. The van der Waals surface area contributed by atoms with E-state index in [1.54, 1.807) is 0 Å². The van der Waals surface area contributed by atoms with E-state index in [2.05, 4.69) is 85.8 Å². The summed E-state index contributed by atoms with van der Waals surface area (Å²) in [4.78, 5) is 13.4. The Morgan fingerprint density at radius 1 is 0.862 bits per heavy atom. The fourth-order valence-corrected chi connectivity index (χ4v) is 13.2. The predicted octanol–water partition coefficient (Wildman–Crippen LogP) is 7.85. The highest BCUT2D eigenvalue weighted by Crippen LogP contribution is 2.42. The quantitative estimate of drug-likeness (QED) is 0.207. The molecule has 0 aromatic carbocycles. The fraction of sp³-hybridized carbons (Fsp3) is 0.955. The third kappa shape index (κ3) is 8.87. The average Bonchev–Trinajstić information content (AvgIpc) is 2.55. The SMILES string of the molecule is CCCO[Si](C)(C)CCCCN(C(=O)O[Si](C(C)C)(C(C)C)C(C)C)[Si](C)(C)C. The van der Waals surface area contributed by atoms with Crippen LogP contribution in [0.4, 0.5) is 4.79 Å². The van der Waals surface area contributed by atoms with Crippen LogP contribution in [0.15, 0.2) is 0 Å². The van der Waals surface area contributed by atoms with Gasteiger partial charge in [-0.2, -0.15) is 0 Å². The summed E-state index contributed by atoms with van der Waals surface area (Å²) in [6, 6.07) is 1.16. The number of hydrogen-bond acceptors (Lipinski definition) is 3. The van der Waals surface area contributed by atoms with E-state index in [-0.39, 0.29) is 6.09 Å². The number of nitrogens with zero attached hydrogens (tertiary/aromatic N) is 1. The van der Waals surface area contributed by atoms with Crippen molar-refractivity contribution in [2.45, 2.75) is 123 Å². The second kappa shape index (κ2) is 12.1. The van der Waals surface area contributed by atoms with Crippen molar-refractivity contribution in [1.82, 2.24) is 4.57 Å². The molecule has 0 fully saturated rings. The van der Waals surface area contributed by atoms with Crippen molar-refractivity contribution in [2.24, 2.45) is 0 Å². The molecule has 0 aromatic rings. The Bertz CT molecular complexity index is 466. The standard InChI is InChI=1S/C22H51NO3Si3/c1-13-17-25-28(11,12)18-15-14-16-23(27(8,9)10)22(24)26-29(19(2)3,20(4)5)21(6)7/h19-21H,13-18H2,1-12H3. The van der Waals surface area contributed by atoms with Crippen molar-refractivity contribution < 1.29 is 13.6 Å². The first-order valence-corrected chi connectivity index (χ1v) is 20.5. The molecule has 1 amide bonds. The monoisotopic (exact) mass is 461 g/mol. The van der Waals surface area contributed by atoms with Crippen LogP contribution in [0.1, 0.15) is 67.7 Å². The highest BCUT2D eigenvalue weighted by Gasteiger charge is 2.49. The van der Waals surface area contributed by atoms with Crippen LogP contribution in [0, 0.1) is 0 Å². The molecule has 0 N–H and O–H groups in total. The van der Waals surface area contributed by atoms with E-state index in [1.165, 1.54) is 0 Å². The van der Waals surface area contributed by atoms with Crippen LogP contribution in [0.2, 0.25) is 55.4 Å². The Hall–Kier alpha value is -0.119. The Balaban J connectivity index is 5.18. The van der Waals surface area contributed by atoms with Gasteiger partial charge >= 0.3 is 6.09 Å². The van der Waals surface area contributed by atoms with Gasteiger partial charge in [-0.15, -0.1) is 0 Å². The predicted molar refractivity (Wildman–Crippen MR) is 135 cm³/mol. The second-order valence-electron chi connectivity index (χ2n) is 11.1. The molecule has 4 nitrogen and oxygen atoms in total. The summed E-state index contributed by atoms with van der Waals surface area (Å²) in [7, 11) is -5.59. The summed E-state index contributed by atoms with van der Waals surface area (Å²) >= 11 is 0. The van der Waals surface area contributed by atoms with Crippen molar-refractivity contribution in [1.29, 1.82) is 0 Å². The molecule has 0 rings (SSSR count). The maximum Gasteiger partial charge on any atom is 0.388 e. The van der Waals surface area contributed by atoms with Gasteiger partial charge in [-0.25, -0.2) is 4.79 Å². The molecule has 0 aliphatic rings. The molecule has 0 spiro atoms. The molecular weight excluding hydrogens is 411 g/mol. The van der Waals surface area contributed by atoms with E-state index in [1.807, 2.05) is 0 Å². The van der Waals surface area contributed by atoms with Gasteiger partial charge in [-0.05, 0) is 48.6 Å². The normalized spacial score (nSPS) is 13.5. The summed E-state index contributed by atoms with van der Waals surface area (Å²) < 4.78 is 14.7. The molecule has 0 saturated carbocycles. The minimum atomic E-state index is -2.21. The largest absolute Gasteiger partial charge is 0.503 e. The third-order valence-corrected chi connectivity index (χ3v) is 16.6. The van der Waals surface area contributed by atoms with Crippen molar-refractivity contribution in [2.75, 3.05) is 13.2 Å². The molecule has 174 valence electrons. The number of carbonyl (C=O) groups excluding carboxylic acids is 1. The highest BCUT2D eigenvalue weighted by molar-refractivity contribution is 6.80. The minimum absolute atomic E-state index is 0.0503. The first kappa shape index (κ1) is 28.9. The van der Waals surface area contributed by atoms with E-state index in [9.17, 15) is 4.79 Å². The Morgan fingerprint density at radius 2 is 1.34 bits per heavy atom. The van der Waals surface area contributed by atoms with Gasteiger partial charge in [0.1, 0.15) is 0 Å². The first-order chi connectivity index (χ1) is 13.1. The molecule has 0 aromatic heterocycles. The van der Waals surface area contributed by atoms with Crippen molar-refractivity contribution >= 4 is 31.0 Å². The van der Waals surface area contributed by atoms with Gasteiger partial charge in [0, 0.05) is 13.2 Å². The summed E-state index contributed by atoms with van der Waals surface area (Å²) in [6.45, 7) is 28.6. The maximum absolute atomic E-state index is 13.4. The van der Waals surface area contributed by atoms with Crippen LogP contribution in [0.5, 0.6) is 0 Å². The maximum atomic E-state index is 13.4. The van der Waals surface area contributed by atoms with E-state index in [0.717, 1.165) is 38.5 Å². The summed E-state index contributed by atoms with van der Waals surface area (Å²) in [5.74, 6) is 0. The zero-order valence-electron chi connectivity index (χ0n) is 21.6. The zero-order chi connectivity index (χ0) is 23.0. The first-order valence-electron chi connectivity index (χ1n) is 11.8. The number of carbonyl (C=O) groups is 1. The molecule has 0 atom stereocenters. The highest BCUT2D eigenvalue weighted by atomic mass is 28.4. The lowest BCUT2D eigenvalue weighted by atomic mass is 10.3. The number of unbranched alkanes of at least 4 members (excludes halogenated alkanes) is 1. The lowest BCUT2D eigenvalue weighted by Gasteiger charge is -2.44. The van der Waals surface area contributed by atoms with Crippen molar-refractivity contribution in [3.63, 3.8) is 0 Å². The Kier molecular flexibility index (Phi) is 12.0. The van der Waals surface area contributed by atoms with Crippen molar-refractivity contribution in [3.8, 4) is 0 Å². The molecule has 0 unspecified atom stereocenters. The van der Waals surface area contributed by atoms with Crippen LogP contribution < -0.4 is 0 Å². The lowest BCUT2D eigenvalue weighted by molar-refractivity contribution is 0.169. The molecule has 0 bridgehead atoms. The third-order valence-electron chi connectivity index (χ3n) is 6.11. The van der Waals surface area contributed by atoms with E-state index >= 15 is 0 Å². The Morgan fingerprint density at radius 3 is 1.72 bits per heavy atom. The summed E-state index contributed by atoms with van der Waals surface area (Å²) in [5, 5.41) is 0. The zero-order valence-corrected chi connectivity index (χ0v) is 24.6. The van der Waals surface area contributed by atoms with Crippen LogP contribution in [-0.4, -0.2) is 48.7 Å². The van der Waals surface area contributed by atoms with E-state index in [4.69, 9.17) is 8.85 Å². The van der Waals surface area contributed by atoms with Gasteiger partial charge in [0.05, 0.1) is 0 Å². The molecule has 0 saturated heterocycles. The molecule has 0 radical (unpaired) electrons. The average molecular weight is 462 g/mol. The van der Waals surface area contributed by atoms with Gasteiger partial charge in [-0.3, -0.25) is 0 Å². The van der Waals surface area contributed by atoms with E-state index < -0.39 is 24.9 Å². The van der Waals surface area contributed by atoms with Gasteiger partial charge < -0.3 is 13.4 Å². The summed E-state index contributed by atoms with van der Waals surface area (Å²) in [6.07, 6.45) is 3.19. The molecule has 0 aliphatic carbocycles. The van der Waals surface area contributed by atoms with Crippen LogP contribution >= 0.6 is 0 Å². The van der Waals surface area contributed by atoms with Gasteiger partial charge in [0.25, 0.3) is 8.32 Å². The molecule has 0 heterocycles. The topological polar surface area (TPSA) is 38.8 Å². The lowest BCUT2D eigenvalue weighted by Crippen LogP contribution is -2.56. The van der Waals surface area contributed by atoms with Gasteiger partial charge in [-0.1, -0.05) is 74.5 Å². The number of rotatable bonds is 13. The van der Waals surface area contributed by atoms with Crippen molar-refractivity contribution in [3.05, 3.63) is 0 Å². The van der Waals surface area contributed by atoms with Gasteiger partial charge in [0.2, 0.25) is 0 Å². The molecule has 29 heavy (non-hydrogen) atoms. The van der Waals surface area contributed by atoms with Crippen LogP contribution in [0.3, 0.4) is 0 Å². The second-order valence-corrected chi connectivity index (χ2v) is 25.6.